The highest BCUT2D eigenvalue weighted by Crippen LogP contribution is 2.13. The number of nitrogens with one attached hydrogen (secondary N) is 1. The van der Waals surface area contributed by atoms with Gasteiger partial charge in [0.05, 0.1) is 0 Å². The van der Waals surface area contributed by atoms with Gasteiger partial charge in [-0.25, -0.2) is 0 Å². The summed E-state index contributed by atoms with van der Waals surface area (Å²) in [4.78, 5) is 2.44. The lowest BCUT2D eigenvalue weighted by atomic mass is 10.0. The van der Waals surface area contributed by atoms with Gasteiger partial charge >= 0.3 is 0 Å². The number of hydrogen-bond donors (Lipinski definition) is 1. The molecule has 0 aromatic heterocycles. The molecule has 0 aliphatic rings. The molecule has 2 atom stereocenters. The van der Waals surface area contributed by atoms with Crippen LogP contribution in [0.3, 0.4) is 0 Å². The van der Waals surface area contributed by atoms with Gasteiger partial charge in [-0.15, -0.1) is 0 Å². The number of aryl methyl sites for hydroxylation is 1. The summed E-state index contributed by atoms with van der Waals surface area (Å²) in [7, 11) is 2.22. The van der Waals surface area contributed by atoms with E-state index in [1.54, 1.807) is 0 Å². The molecule has 102 valence electrons. The van der Waals surface area contributed by atoms with Crippen LogP contribution in [0.25, 0.3) is 0 Å². The standard InChI is InChI=1S/C16H28N2/c1-6-17-11-14(3)15(4)18(5)12-16-9-7-13(2)8-10-16/h7-10,14-15,17H,6,11-12H2,1-5H3. The molecule has 1 rings (SSSR count). The van der Waals surface area contributed by atoms with Crippen LogP contribution in [0.5, 0.6) is 0 Å². The molecular formula is C16H28N2. The van der Waals surface area contributed by atoms with Crippen LogP contribution in [0.1, 0.15) is 31.9 Å². The van der Waals surface area contributed by atoms with Crippen molar-refractivity contribution in [3.8, 4) is 0 Å². The molecule has 2 heteroatoms. The van der Waals surface area contributed by atoms with E-state index in [9.17, 15) is 0 Å². The summed E-state index contributed by atoms with van der Waals surface area (Å²) >= 11 is 0. The minimum absolute atomic E-state index is 0.588. The number of nitrogens with zero attached hydrogens (tertiary/aromatic N) is 1. The van der Waals surface area contributed by atoms with Crippen LogP contribution in [0.2, 0.25) is 0 Å². The van der Waals surface area contributed by atoms with Gasteiger partial charge in [0, 0.05) is 12.6 Å². The monoisotopic (exact) mass is 248 g/mol. The Kier molecular flexibility index (Phi) is 6.37. The van der Waals surface area contributed by atoms with E-state index in [0.29, 0.717) is 12.0 Å². The van der Waals surface area contributed by atoms with E-state index in [2.05, 4.69) is 69.2 Å². The van der Waals surface area contributed by atoms with Gasteiger partial charge in [-0.05, 0) is 45.5 Å². The molecule has 2 nitrogen and oxygen atoms in total. The highest BCUT2D eigenvalue weighted by molar-refractivity contribution is 5.21. The van der Waals surface area contributed by atoms with E-state index >= 15 is 0 Å². The molecule has 0 bridgehead atoms. The molecule has 2 unspecified atom stereocenters. The quantitative estimate of drug-likeness (QED) is 0.798. The Bertz CT molecular complexity index is 331. The van der Waals surface area contributed by atoms with Gasteiger partial charge in [0.1, 0.15) is 0 Å². The SMILES string of the molecule is CCNCC(C)C(C)N(C)Cc1ccc(C)cc1. The van der Waals surface area contributed by atoms with Crippen LogP contribution >= 0.6 is 0 Å². The molecule has 0 amide bonds. The van der Waals surface area contributed by atoms with Gasteiger partial charge in [-0.2, -0.15) is 0 Å². The maximum Gasteiger partial charge on any atom is 0.0233 e. The van der Waals surface area contributed by atoms with E-state index in [1.165, 1.54) is 11.1 Å². The number of rotatable bonds is 7. The van der Waals surface area contributed by atoms with Crippen LogP contribution < -0.4 is 5.32 Å². The third-order valence-corrected chi connectivity index (χ3v) is 3.79. The molecule has 1 aromatic carbocycles. The topological polar surface area (TPSA) is 15.3 Å². The summed E-state index contributed by atoms with van der Waals surface area (Å²) < 4.78 is 0. The van der Waals surface area contributed by atoms with Crippen molar-refractivity contribution in [3.05, 3.63) is 35.4 Å². The summed E-state index contributed by atoms with van der Waals surface area (Å²) in [5.74, 6) is 0.667. The maximum absolute atomic E-state index is 3.43. The molecular weight excluding hydrogens is 220 g/mol. The normalized spacial score (nSPS) is 14.8. The van der Waals surface area contributed by atoms with Crippen molar-refractivity contribution in [1.82, 2.24) is 10.2 Å². The predicted molar refractivity (Wildman–Crippen MR) is 79.8 cm³/mol. The van der Waals surface area contributed by atoms with Gasteiger partial charge in [-0.1, -0.05) is 43.7 Å². The Labute approximate surface area is 112 Å². The van der Waals surface area contributed by atoms with E-state index in [4.69, 9.17) is 0 Å². The fourth-order valence-electron chi connectivity index (χ4n) is 2.10. The Hall–Kier alpha value is -0.860. The molecule has 0 saturated heterocycles. The fourth-order valence-corrected chi connectivity index (χ4v) is 2.10. The highest BCUT2D eigenvalue weighted by Gasteiger charge is 2.16. The fraction of sp³-hybridized carbons (Fsp3) is 0.625. The zero-order valence-electron chi connectivity index (χ0n) is 12.5. The smallest absolute Gasteiger partial charge is 0.0233 e. The van der Waals surface area contributed by atoms with Crippen molar-refractivity contribution < 1.29 is 0 Å². The van der Waals surface area contributed by atoms with Crippen molar-refractivity contribution in [2.45, 2.75) is 40.3 Å². The zero-order chi connectivity index (χ0) is 13.5. The van der Waals surface area contributed by atoms with E-state index in [-0.39, 0.29) is 0 Å². The first kappa shape index (κ1) is 15.2. The molecule has 0 heterocycles. The minimum Gasteiger partial charge on any atom is -0.317 e. The Morgan fingerprint density at radius 1 is 1.17 bits per heavy atom. The zero-order valence-corrected chi connectivity index (χ0v) is 12.5. The number of hydrogen-bond acceptors (Lipinski definition) is 2. The van der Waals surface area contributed by atoms with Crippen molar-refractivity contribution in [2.75, 3.05) is 20.1 Å². The van der Waals surface area contributed by atoms with Crippen LogP contribution in [-0.2, 0) is 6.54 Å². The van der Waals surface area contributed by atoms with Crippen molar-refractivity contribution in [3.63, 3.8) is 0 Å². The van der Waals surface area contributed by atoms with Gasteiger partial charge in [0.25, 0.3) is 0 Å². The Balaban J connectivity index is 2.48. The number of benzene rings is 1. The molecule has 1 N–H and O–H groups in total. The minimum atomic E-state index is 0.588. The molecule has 0 spiro atoms. The third-order valence-electron chi connectivity index (χ3n) is 3.79. The van der Waals surface area contributed by atoms with Crippen LogP contribution in [0, 0.1) is 12.8 Å². The first-order chi connectivity index (χ1) is 8.54. The molecule has 0 radical (unpaired) electrons. The maximum atomic E-state index is 3.43. The van der Waals surface area contributed by atoms with Crippen LogP contribution in [0.4, 0.5) is 0 Å². The molecule has 0 aliphatic heterocycles. The summed E-state index contributed by atoms with van der Waals surface area (Å²) in [6, 6.07) is 9.43. The highest BCUT2D eigenvalue weighted by atomic mass is 15.1. The van der Waals surface area contributed by atoms with Crippen molar-refractivity contribution in [2.24, 2.45) is 5.92 Å². The summed E-state index contributed by atoms with van der Waals surface area (Å²) in [5, 5.41) is 3.43. The lowest BCUT2D eigenvalue weighted by molar-refractivity contribution is 0.189. The van der Waals surface area contributed by atoms with Gasteiger partial charge < -0.3 is 5.32 Å². The Morgan fingerprint density at radius 2 is 1.78 bits per heavy atom. The van der Waals surface area contributed by atoms with Gasteiger partial charge in [0.15, 0.2) is 0 Å². The first-order valence-corrected chi connectivity index (χ1v) is 7.01. The molecule has 1 aromatic rings. The van der Waals surface area contributed by atoms with Gasteiger partial charge in [-0.3, -0.25) is 4.90 Å². The lowest BCUT2D eigenvalue weighted by Gasteiger charge is -2.30. The van der Waals surface area contributed by atoms with Crippen LogP contribution in [-0.4, -0.2) is 31.1 Å². The van der Waals surface area contributed by atoms with Gasteiger partial charge in [0.2, 0.25) is 0 Å². The van der Waals surface area contributed by atoms with E-state index < -0.39 is 0 Å². The average molecular weight is 248 g/mol. The van der Waals surface area contributed by atoms with Crippen LogP contribution in [0.15, 0.2) is 24.3 Å². The summed E-state index contributed by atoms with van der Waals surface area (Å²) in [6.45, 7) is 12.1. The summed E-state index contributed by atoms with van der Waals surface area (Å²) in [6.07, 6.45) is 0. The molecule has 18 heavy (non-hydrogen) atoms. The van der Waals surface area contributed by atoms with E-state index in [0.717, 1.165) is 19.6 Å². The second-order valence-electron chi connectivity index (χ2n) is 5.43. The molecule has 0 saturated carbocycles. The third kappa shape index (κ3) is 4.79. The summed E-state index contributed by atoms with van der Waals surface area (Å²) in [5.41, 5.74) is 2.72. The predicted octanol–water partition coefficient (Wildman–Crippen LogP) is 3.06. The second-order valence-corrected chi connectivity index (χ2v) is 5.43. The van der Waals surface area contributed by atoms with E-state index in [1.807, 2.05) is 0 Å². The molecule has 0 aliphatic carbocycles. The second kappa shape index (κ2) is 7.55. The van der Waals surface area contributed by atoms with Crippen molar-refractivity contribution >= 4 is 0 Å². The van der Waals surface area contributed by atoms with Crippen molar-refractivity contribution in [1.29, 1.82) is 0 Å². The largest absolute Gasteiger partial charge is 0.317 e. The Morgan fingerprint density at radius 3 is 2.33 bits per heavy atom. The first-order valence-electron chi connectivity index (χ1n) is 7.01. The lowest BCUT2D eigenvalue weighted by Crippen LogP contribution is -2.38. The average Bonchev–Trinajstić information content (AvgIpc) is 2.37. The molecule has 0 fully saturated rings.